The lowest BCUT2D eigenvalue weighted by molar-refractivity contribution is -0.301. The number of carbonyl (C=O) groups is 1. The number of aliphatic hydroxyl groups excluding tert-OH is 4. The fourth-order valence-corrected chi connectivity index (χ4v) is 0.768. The molecule has 0 heterocycles. The number of hydrogen-bond donors (Lipinski definition) is 6. The molecule has 0 radical (unpaired) electrons. The molecule has 4 atom stereocenters. The maximum atomic E-state index is 10.3. The van der Waals surface area contributed by atoms with Gasteiger partial charge in [-0.25, -0.2) is 9.68 Å². The second kappa shape index (κ2) is 5.86. The van der Waals surface area contributed by atoms with Gasteiger partial charge in [0, 0.05) is 0 Å². The van der Waals surface area contributed by atoms with E-state index < -0.39 is 37.0 Å². The second-order valence-corrected chi connectivity index (χ2v) is 2.60. The maximum absolute atomic E-state index is 10.3. The SMILES string of the molecule is O=C(O)C(OO)C(O)C(O)C(O)CO. The molecule has 0 bridgehead atoms. The van der Waals surface area contributed by atoms with E-state index in [4.69, 9.17) is 30.8 Å². The van der Waals surface area contributed by atoms with E-state index in [9.17, 15) is 4.79 Å². The van der Waals surface area contributed by atoms with Crippen LogP contribution in [-0.2, 0) is 9.68 Å². The lowest BCUT2D eigenvalue weighted by atomic mass is 10.0. The van der Waals surface area contributed by atoms with Gasteiger partial charge in [0.1, 0.15) is 18.3 Å². The van der Waals surface area contributed by atoms with Gasteiger partial charge < -0.3 is 25.5 Å². The van der Waals surface area contributed by atoms with Gasteiger partial charge in [-0.05, 0) is 0 Å². The molecule has 0 aliphatic heterocycles. The predicted molar refractivity (Wildman–Crippen MR) is 40.2 cm³/mol. The molecule has 0 saturated heterocycles. The summed E-state index contributed by atoms with van der Waals surface area (Å²) in [6, 6.07) is 0. The third-order valence-corrected chi connectivity index (χ3v) is 1.60. The van der Waals surface area contributed by atoms with Crippen molar-refractivity contribution in [3.05, 3.63) is 0 Å². The van der Waals surface area contributed by atoms with E-state index in [-0.39, 0.29) is 0 Å². The van der Waals surface area contributed by atoms with Gasteiger partial charge in [-0.3, -0.25) is 5.26 Å². The highest BCUT2D eigenvalue weighted by Crippen LogP contribution is 2.07. The van der Waals surface area contributed by atoms with E-state index in [1.807, 2.05) is 0 Å². The van der Waals surface area contributed by atoms with Gasteiger partial charge in [0.15, 0.2) is 0 Å². The maximum Gasteiger partial charge on any atom is 0.339 e. The highest BCUT2D eigenvalue weighted by Gasteiger charge is 2.36. The van der Waals surface area contributed by atoms with Crippen molar-refractivity contribution in [1.82, 2.24) is 0 Å². The number of rotatable bonds is 6. The fraction of sp³-hybridized carbons (Fsp3) is 0.833. The molecule has 0 fully saturated rings. The van der Waals surface area contributed by atoms with Gasteiger partial charge in [-0.1, -0.05) is 0 Å². The van der Waals surface area contributed by atoms with E-state index in [0.29, 0.717) is 0 Å². The zero-order chi connectivity index (χ0) is 11.3. The molecule has 0 aromatic carbocycles. The van der Waals surface area contributed by atoms with Crippen molar-refractivity contribution in [3.63, 3.8) is 0 Å². The Kier molecular flexibility index (Phi) is 5.53. The number of carboxylic acid groups (broad SMARTS) is 1. The van der Waals surface area contributed by atoms with Crippen molar-refractivity contribution in [2.45, 2.75) is 24.4 Å². The Labute approximate surface area is 78.5 Å². The average molecular weight is 212 g/mol. The normalized spacial score (nSPS) is 19.8. The van der Waals surface area contributed by atoms with Crippen LogP contribution in [0.15, 0.2) is 0 Å². The summed E-state index contributed by atoms with van der Waals surface area (Å²) in [5.41, 5.74) is 0. The predicted octanol–water partition coefficient (Wildman–Crippen LogP) is -3.00. The summed E-state index contributed by atoms with van der Waals surface area (Å²) < 4.78 is 0. The monoisotopic (exact) mass is 212 g/mol. The zero-order valence-electron chi connectivity index (χ0n) is 7.02. The highest BCUT2D eigenvalue weighted by atomic mass is 17.1. The molecule has 6 N–H and O–H groups in total. The summed E-state index contributed by atoms with van der Waals surface area (Å²) in [6.07, 6.45) is -7.80. The van der Waals surface area contributed by atoms with E-state index >= 15 is 0 Å². The molecule has 0 aliphatic rings. The van der Waals surface area contributed by atoms with Crippen LogP contribution in [0.4, 0.5) is 0 Å². The Morgan fingerprint density at radius 1 is 1.21 bits per heavy atom. The van der Waals surface area contributed by atoms with Crippen LogP contribution < -0.4 is 0 Å². The minimum absolute atomic E-state index is 0.865. The summed E-state index contributed by atoms with van der Waals surface area (Å²) in [6.45, 7) is -0.865. The van der Waals surface area contributed by atoms with E-state index in [0.717, 1.165) is 0 Å². The smallest absolute Gasteiger partial charge is 0.339 e. The molecule has 0 aromatic rings. The summed E-state index contributed by atoms with van der Waals surface area (Å²) >= 11 is 0. The van der Waals surface area contributed by atoms with Crippen LogP contribution in [0.1, 0.15) is 0 Å². The summed E-state index contributed by atoms with van der Waals surface area (Å²) in [5, 5.41) is 51.7. The number of aliphatic carboxylic acids is 1. The van der Waals surface area contributed by atoms with Crippen LogP contribution in [-0.4, -0.2) is 67.8 Å². The number of hydrogen-bond acceptors (Lipinski definition) is 7. The Morgan fingerprint density at radius 2 is 1.71 bits per heavy atom. The first-order valence-corrected chi connectivity index (χ1v) is 3.63. The second-order valence-electron chi connectivity index (χ2n) is 2.60. The van der Waals surface area contributed by atoms with Gasteiger partial charge in [0.25, 0.3) is 0 Å². The third kappa shape index (κ3) is 3.18. The highest BCUT2D eigenvalue weighted by molar-refractivity contribution is 5.73. The standard InChI is InChI=1S/C6H12O8/c7-1-2(8)3(9)4(10)5(14-13)6(11)12/h2-5,7-10,13H,1H2,(H,11,12). The molecule has 14 heavy (non-hydrogen) atoms. The van der Waals surface area contributed by atoms with Crippen molar-refractivity contribution < 1.29 is 40.5 Å². The van der Waals surface area contributed by atoms with Gasteiger partial charge >= 0.3 is 5.97 Å². The molecule has 4 unspecified atom stereocenters. The van der Waals surface area contributed by atoms with Crippen LogP contribution in [0.2, 0.25) is 0 Å². The van der Waals surface area contributed by atoms with Crippen molar-refractivity contribution in [1.29, 1.82) is 0 Å². The molecule has 0 saturated carbocycles. The number of carboxylic acids is 1. The van der Waals surface area contributed by atoms with Crippen molar-refractivity contribution in [3.8, 4) is 0 Å². The summed E-state index contributed by atoms with van der Waals surface area (Å²) in [7, 11) is 0. The Bertz CT molecular complexity index is 183. The lowest BCUT2D eigenvalue weighted by Crippen LogP contribution is -2.49. The molecular weight excluding hydrogens is 200 g/mol. The van der Waals surface area contributed by atoms with Crippen LogP contribution in [0, 0.1) is 0 Å². The van der Waals surface area contributed by atoms with Gasteiger partial charge in [0.2, 0.25) is 6.10 Å². The minimum Gasteiger partial charge on any atom is -0.479 e. The van der Waals surface area contributed by atoms with Crippen LogP contribution >= 0.6 is 0 Å². The Hall–Kier alpha value is -0.770. The van der Waals surface area contributed by atoms with Crippen molar-refractivity contribution in [2.75, 3.05) is 6.61 Å². The largest absolute Gasteiger partial charge is 0.479 e. The van der Waals surface area contributed by atoms with Crippen molar-refractivity contribution >= 4 is 5.97 Å². The summed E-state index contributed by atoms with van der Waals surface area (Å²) in [5.74, 6) is -1.72. The quantitative estimate of drug-likeness (QED) is 0.201. The van der Waals surface area contributed by atoms with E-state index in [2.05, 4.69) is 4.89 Å². The molecule has 0 amide bonds. The van der Waals surface area contributed by atoms with E-state index in [1.54, 1.807) is 0 Å². The molecule has 0 aromatic heterocycles. The molecule has 0 rings (SSSR count). The van der Waals surface area contributed by atoms with Gasteiger partial charge in [0.05, 0.1) is 6.61 Å². The first-order chi connectivity index (χ1) is 6.45. The van der Waals surface area contributed by atoms with Crippen LogP contribution in [0.3, 0.4) is 0 Å². The Morgan fingerprint density at radius 3 is 2.00 bits per heavy atom. The molecule has 8 heteroatoms. The topological polar surface area (TPSA) is 148 Å². The lowest BCUT2D eigenvalue weighted by Gasteiger charge is -2.24. The average Bonchev–Trinajstić information content (AvgIpc) is 2.15. The fourth-order valence-electron chi connectivity index (χ4n) is 0.768. The molecule has 0 spiro atoms. The molecular formula is C6H12O8. The van der Waals surface area contributed by atoms with Crippen LogP contribution in [0.25, 0.3) is 0 Å². The number of aliphatic hydroxyl groups is 4. The first kappa shape index (κ1) is 13.2. The minimum atomic E-state index is -2.09. The zero-order valence-corrected chi connectivity index (χ0v) is 7.02. The van der Waals surface area contributed by atoms with Gasteiger partial charge in [-0.15, -0.1) is 0 Å². The van der Waals surface area contributed by atoms with E-state index in [1.165, 1.54) is 0 Å². The molecule has 0 aliphatic carbocycles. The molecule has 8 nitrogen and oxygen atoms in total. The van der Waals surface area contributed by atoms with Gasteiger partial charge in [-0.2, -0.15) is 0 Å². The molecule has 84 valence electrons. The first-order valence-electron chi connectivity index (χ1n) is 3.63. The third-order valence-electron chi connectivity index (χ3n) is 1.60. The van der Waals surface area contributed by atoms with Crippen LogP contribution in [0.5, 0.6) is 0 Å². The Balaban J connectivity index is 4.41. The summed E-state index contributed by atoms with van der Waals surface area (Å²) in [4.78, 5) is 13.7. The van der Waals surface area contributed by atoms with Crippen molar-refractivity contribution in [2.24, 2.45) is 0 Å².